The minimum absolute atomic E-state index is 0.0977. The fourth-order valence-corrected chi connectivity index (χ4v) is 6.42. The molecule has 0 spiro atoms. The molecule has 0 radical (unpaired) electrons. The van der Waals surface area contributed by atoms with E-state index in [1.807, 2.05) is 24.3 Å². The third kappa shape index (κ3) is 13.4. The fraction of sp³-hybridized carbons (Fsp3) is 0.409. The zero-order chi connectivity index (χ0) is 24.6. The van der Waals surface area contributed by atoms with Gasteiger partial charge in [0.1, 0.15) is 0 Å². The number of esters is 1. The Balaban J connectivity index is 0.000000288. The predicted molar refractivity (Wildman–Crippen MR) is 121 cm³/mol. The van der Waals surface area contributed by atoms with Gasteiger partial charge in [-0.3, -0.25) is 4.79 Å². The predicted octanol–water partition coefficient (Wildman–Crippen LogP) is 1.61. The quantitative estimate of drug-likeness (QED) is 0.252. The molecule has 33 heavy (non-hydrogen) atoms. The number of carboxylic acid groups (broad SMARTS) is 1. The number of hydroxylamine groups is 2. The van der Waals surface area contributed by atoms with Crippen molar-refractivity contribution in [2.45, 2.75) is 52.4 Å². The van der Waals surface area contributed by atoms with Gasteiger partial charge in [-0.1, -0.05) is 0 Å². The standard InChI is InChI=1S/C11H11NO4Te.C7H8O2Te.C4H8O2/c13-9-4-5-10(14)12(9)16-11(15)6-3-8-2-1-7-17-8;8-7(9)4-3-6-2-1-5-10-6;1-3-6-4(2)5/h1-2,7H,3-6H2;1-2,5H,3-4H2,(H,8,9);3H2,1-2H3. The molecule has 9 nitrogen and oxygen atoms in total. The zero-order valence-corrected chi connectivity index (χ0v) is 23.1. The Morgan fingerprint density at radius 3 is 1.85 bits per heavy atom. The molecule has 2 amide bonds. The van der Waals surface area contributed by atoms with E-state index >= 15 is 0 Å². The minimum atomic E-state index is -0.694. The summed E-state index contributed by atoms with van der Waals surface area (Å²) in [5.74, 6) is -2.29. The van der Waals surface area contributed by atoms with Gasteiger partial charge in [-0.2, -0.15) is 0 Å². The molecule has 1 aliphatic heterocycles. The number of carbonyl (C=O) groups excluding carboxylic acids is 4. The van der Waals surface area contributed by atoms with Crippen LogP contribution in [0.2, 0.25) is 0 Å². The summed E-state index contributed by atoms with van der Waals surface area (Å²) in [4.78, 5) is 58.5. The number of ether oxygens (including phenoxy) is 1. The monoisotopic (exact) mass is 693 g/mol. The number of amides is 2. The summed E-state index contributed by atoms with van der Waals surface area (Å²) >= 11 is -0.330. The number of aryl methyl sites for hydroxylation is 2. The Labute approximate surface area is 211 Å². The molecule has 1 aliphatic rings. The third-order valence-corrected chi connectivity index (χ3v) is 9.21. The van der Waals surface area contributed by atoms with Crippen molar-refractivity contribution >= 4 is 70.6 Å². The molecule has 1 fully saturated rings. The van der Waals surface area contributed by atoms with Crippen LogP contribution in [-0.4, -0.2) is 87.4 Å². The van der Waals surface area contributed by atoms with Crippen molar-refractivity contribution < 1.29 is 38.7 Å². The van der Waals surface area contributed by atoms with Crippen molar-refractivity contribution in [1.29, 1.82) is 0 Å². The number of imide groups is 1. The van der Waals surface area contributed by atoms with Gasteiger partial charge in [0.2, 0.25) is 0 Å². The van der Waals surface area contributed by atoms with Crippen LogP contribution < -0.4 is 0 Å². The molecule has 2 aromatic rings. The van der Waals surface area contributed by atoms with Gasteiger partial charge in [0.15, 0.2) is 0 Å². The van der Waals surface area contributed by atoms with Crippen LogP contribution in [-0.2, 0) is 46.4 Å². The Morgan fingerprint density at radius 2 is 1.48 bits per heavy atom. The van der Waals surface area contributed by atoms with Crippen LogP contribution in [0.5, 0.6) is 0 Å². The van der Waals surface area contributed by atoms with Crippen LogP contribution in [0, 0.1) is 0 Å². The first-order valence-electron chi connectivity index (χ1n) is 10.2. The second kappa shape index (κ2) is 16.7. The van der Waals surface area contributed by atoms with Gasteiger partial charge in [-0.25, -0.2) is 0 Å². The molecular weight excluding hydrogens is 661 g/mol. The number of hydrogen-bond donors (Lipinski definition) is 1. The molecule has 0 saturated carbocycles. The van der Waals surface area contributed by atoms with Gasteiger partial charge in [-0.15, -0.1) is 0 Å². The number of nitrogens with zero attached hydrogens (tertiary/aromatic N) is 1. The number of carboxylic acids is 1. The van der Waals surface area contributed by atoms with Gasteiger partial charge < -0.3 is 4.74 Å². The van der Waals surface area contributed by atoms with E-state index in [-0.39, 0.29) is 72.5 Å². The van der Waals surface area contributed by atoms with E-state index in [0.717, 1.165) is 6.42 Å². The van der Waals surface area contributed by atoms with Crippen molar-refractivity contribution in [2.24, 2.45) is 0 Å². The van der Waals surface area contributed by atoms with Crippen LogP contribution >= 0.6 is 0 Å². The summed E-state index contributed by atoms with van der Waals surface area (Å²) in [5.41, 5.74) is 0. The average molecular weight is 689 g/mol. The summed E-state index contributed by atoms with van der Waals surface area (Å²) in [7, 11) is 0. The number of aliphatic carboxylic acids is 1. The van der Waals surface area contributed by atoms with E-state index in [4.69, 9.17) is 9.94 Å². The molecule has 3 rings (SSSR count). The van der Waals surface area contributed by atoms with Crippen molar-refractivity contribution in [2.75, 3.05) is 6.61 Å². The summed E-state index contributed by atoms with van der Waals surface area (Å²) < 4.78 is 11.3. The average Bonchev–Trinajstić information content (AvgIpc) is 3.52. The second-order valence-electron chi connectivity index (χ2n) is 6.52. The van der Waals surface area contributed by atoms with Crippen LogP contribution in [0.4, 0.5) is 0 Å². The topological polar surface area (TPSA) is 127 Å². The first-order chi connectivity index (χ1) is 15.7. The molecule has 3 heterocycles. The van der Waals surface area contributed by atoms with E-state index in [1.54, 1.807) is 6.92 Å². The first kappa shape index (κ1) is 29.1. The van der Waals surface area contributed by atoms with E-state index in [1.165, 1.54) is 14.1 Å². The maximum absolute atomic E-state index is 11.4. The van der Waals surface area contributed by atoms with E-state index in [9.17, 15) is 24.0 Å². The number of hydrogen-bond acceptors (Lipinski definition) is 7. The van der Waals surface area contributed by atoms with Gasteiger partial charge in [-0.05, 0) is 6.92 Å². The van der Waals surface area contributed by atoms with Gasteiger partial charge in [0, 0.05) is 6.92 Å². The van der Waals surface area contributed by atoms with E-state index in [2.05, 4.69) is 12.9 Å². The van der Waals surface area contributed by atoms with Crippen molar-refractivity contribution in [3.63, 3.8) is 0 Å². The third-order valence-electron chi connectivity index (χ3n) is 3.87. The Kier molecular flexibility index (Phi) is 14.7. The van der Waals surface area contributed by atoms with E-state index < -0.39 is 23.8 Å². The van der Waals surface area contributed by atoms with Crippen molar-refractivity contribution in [3.05, 3.63) is 39.6 Å². The summed E-state index contributed by atoms with van der Waals surface area (Å²) in [6.07, 6.45) is 2.18. The van der Waals surface area contributed by atoms with Gasteiger partial charge in [0.05, 0.1) is 6.61 Å². The Bertz CT molecular complexity index is 878. The first-order valence-corrected chi connectivity index (χ1v) is 15.2. The molecular formula is C22H27NO8Te2. The van der Waals surface area contributed by atoms with Crippen molar-refractivity contribution in [3.8, 4) is 0 Å². The molecule has 11 heteroatoms. The molecule has 1 N–H and O–H groups in total. The van der Waals surface area contributed by atoms with Crippen LogP contribution in [0.1, 0.15) is 46.7 Å². The van der Waals surface area contributed by atoms with Gasteiger partial charge in [0.25, 0.3) is 0 Å². The number of rotatable bonds is 8. The summed E-state index contributed by atoms with van der Waals surface area (Å²) in [6.45, 7) is 3.65. The molecule has 2 aromatic heterocycles. The Hall–Kier alpha value is -1.91. The molecule has 0 aromatic carbocycles. The molecule has 1 saturated heterocycles. The normalized spacial score (nSPS) is 12.2. The summed E-state index contributed by atoms with van der Waals surface area (Å²) in [6, 6.07) is 8.09. The van der Waals surface area contributed by atoms with Gasteiger partial charge >= 0.3 is 183 Å². The molecule has 0 unspecified atom stereocenters. The maximum atomic E-state index is 11.4. The molecule has 0 atom stereocenters. The SMILES string of the molecule is CCOC(C)=O.O=C(CCc1ccc[te]1)ON1C(=O)CCC1=O.O=C(O)CCc1ccc[te]1. The Morgan fingerprint density at radius 1 is 0.970 bits per heavy atom. The van der Waals surface area contributed by atoms with Crippen LogP contribution in [0.15, 0.2) is 32.4 Å². The van der Waals surface area contributed by atoms with Crippen LogP contribution in [0.3, 0.4) is 0 Å². The molecule has 0 aliphatic carbocycles. The molecule has 0 bridgehead atoms. The second-order valence-corrected chi connectivity index (χ2v) is 12.4. The van der Waals surface area contributed by atoms with Crippen molar-refractivity contribution in [1.82, 2.24) is 5.06 Å². The number of carbonyl (C=O) groups is 5. The zero-order valence-electron chi connectivity index (χ0n) is 18.5. The fourth-order valence-electron chi connectivity index (χ4n) is 2.37. The molecule has 180 valence electrons. The summed E-state index contributed by atoms with van der Waals surface area (Å²) in [5, 5.41) is 8.94. The van der Waals surface area contributed by atoms with Crippen LogP contribution in [0.25, 0.3) is 0 Å². The van der Waals surface area contributed by atoms with E-state index in [0.29, 0.717) is 18.1 Å².